The average Bonchev–Trinajstić information content (AvgIpc) is 2.91. The van der Waals surface area contributed by atoms with Crippen molar-refractivity contribution in [3.05, 3.63) is 35.4 Å². The van der Waals surface area contributed by atoms with Crippen LogP contribution in [0.5, 0.6) is 0 Å². The smallest absolute Gasteiger partial charge is 0.0468 e. The summed E-state index contributed by atoms with van der Waals surface area (Å²) in [5, 5.41) is 9.44. The van der Waals surface area contributed by atoms with Crippen molar-refractivity contribution in [2.45, 2.75) is 38.0 Å². The maximum atomic E-state index is 9.44. The first kappa shape index (κ1) is 10.3. The Kier molecular flexibility index (Phi) is 2.32. The summed E-state index contributed by atoms with van der Waals surface area (Å²) < 4.78 is 0. The van der Waals surface area contributed by atoms with Gasteiger partial charge < -0.3 is 5.11 Å². The molecule has 1 aromatic rings. The minimum Gasteiger partial charge on any atom is -0.396 e. The van der Waals surface area contributed by atoms with Crippen LogP contribution in [-0.4, -0.2) is 11.7 Å². The molecule has 0 amide bonds. The molecule has 1 aromatic carbocycles. The molecule has 0 spiro atoms. The van der Waals surface area contributed by atoms with Gasteiger partial charge in [0.2, 0.25) is 0 Å². The van der Waals surface area contributed by atoms with Crippen LogP contribution in [0.25, 0.3) is 0 Å². The van der Waals surface area contributed by atoms with Gasteiger partial charge in [0.05, 0.1) is 0 Å². The van der Waals surface area contributed by atoms with E-state index in [1.165, 1.54) is 36.8 Å². The molecule has 2 aliphatic carbocycles. The Bertz CT molecular complexity index is 394. The normalized spacial score (nSPS) is 33.5. The van der Waals surface area contributed by atoms with Crippen molar-refractivity contribution in [3.63, 3.8) is 0 Å². The van der Waals surface area contributed by atoms with Crippen LogP contribution in [0.3, 0.4) is 0 Å². The monoisotopic (exact) mass is 216 g/mol. The molecule has 0 aromatic heterocycles. The van der Waals surface area contributed by atoms with Crippen molar-refractivity contribution in [3.8, 4) is 0 Å². The second-order valence-electron chi connectivity index (χ2n) is 5.62. The molecule has 1 heteroatoms. The van der Waals surface area contributed by atoms with Crippen LogP contribution in [-0.2, 0) is 5.41 Å². The Morgan fingerprint density at radius 2 is 2.19 bits per heavy atom. The van der Waals surface area contributed by atoms with Crippen molar-refractivity contribution >= 4 is 0 Å². The zero-order valence-electron chi connectivity index (χ0n) is 9.95. The minimum absolute atomic E-state index is 0.346. The number of aryl methyl sites for hydroxylation is 1. The Hall–Kier alpha value is -0.820. The van der Waals surface area contributed by atoms with Crippen molar-refractivity contribution in [2.24, 2.45) is 11.8 Å². The summed E-state index contributed by atoms with van der Waals surface area (Å²) in [5.41, 5.74) is 3.18. The van der Waals surface area contributed by atoms with Crippen molar-refractivity contribution in [1.29, 1.82) is 0 Å². The minimum atomic E-state index is 0.346. The predicted octanol–water partition coefficient (Wildman–Crippen LogP) is 3.05. The highest BCUT2D eigenvalue weighted by Crippen LogP contribution is 2.63. The quantitative estimate of drug-likeness (QED) is 0.823. The molecule has 86 valence electrons. The standard InChI is InChI=1S/C15H20O/c1-11-4-2-7-13(8-11)15(9-14(15)10-16)12-5-3-6-12/h2,4,7-8,12,14,16H,3,5-6,9-10H2,1H3. The maximum absolute atomic E-state index is 9.44. The van der Waals surface area contributed by atoms with Gasteiger partial charge in [-0.3, -0.25) is 0 Å². The third-order valence-electron chi connectivity index (χ3n) is 4.76. The molecule has 2 saturated carbocycles. The van der Waals surface area contributed by atoms with Gasteiger partial charge in [-0.05, 0) is 43.6 Å². The Morgan fingerprint density at radius 1 is 1.38 bits per heavy atom. The molecule has 1 N–H and O–H groups in total. The molecule has 2 aliphatic rings. The lowest BCUT2D eigenvalue weighted by molar-refractivity contribution is 0.197. The lowest BCUT2D eigenvalue weighted by atomic mass is 9.69. The molecular weight excluding hydrogens is 196 g/mol. The summed E-state index contributed by atoms with van der Waals surface area (Å²) in [7, 11) is 0. The Morgan fingerprint density at radius 3 is 2.69 bits per heavy atom. The van der Waals surface area contributed by atoms with E-state index < -0.39 is 0 Å². The second-order valence-corrected chi connectivity index (χ2v) is 5.62. The lowest BCUT2D eigenvalue weighted by Gasteiger charge is -2.36. The Labute approximate surface area is 97.5 Å². The highest BCUT2D eigenvalue weighted by atomic mass is 16.3. The van der Waals surface area contributed by atoms with Crippen LogP contribution in [0, 0.1) is 18.8 Å². The van der Waals surface area contributed by atoms with Crippen LogP contribution in [0.4, 0.5) is 0 Å². The van der Waals surface area contributed by atoms with E-state index in [2.05, 4.69) is 31.2 Å². The zero-order valence-corrected chi connectivity index (χ0v) is 9.95. The molecular formula is C15H20O. The molecule has 0 saturated heterocycles. The molecule has 0 radical (unpaired) electrons. The van der Waals surface area contributed by atoms with Gasteiger partial charge in [0, 0.05) is 12.0 Å². The number of hydrogen-bond donors (Lipinski definition) is 1. The summed E-state index contributed by atoms with van der Waals surface area (Å²) in [6, 6.07) is 8.92. The van der Waals surface area contributed by atoms with Crippen molar-refractivity contribution in [2.75, 3.05) is 6.61 Å². The van der Waals surface area contributed by atoms with Gasteiger partial charge >= 0.3 is 0 Å². The Balaban J connectivity index is 1.95. The molecule has 2 atom stereocenters. The summed E-state index contributed by atoms with van der Waals surface area (Å²) in [4.78, 5) is 0. The first-order valence-corrected chi connectivity index (χ1v) is 6.45. The van der Waals surface area contributed by atoms with Crippen LogP contribution in [0.1, 0.15) is 36.8 Å². The van der Waals surface area contributed by atoms with Crippen molar-refractivity contribution in [1.82, 2.24) is 0 Å². The van der Waals surface area contributed by atoms with E-state index in [4.69, 9.17) is 0 Å². The van der Waals surface area contributed by atoms with E-state index >= 15 is 0 Å². The molecule has 2 unspecified atom stereocenters. The first-order valence-electron chi connectivity index (χ1n) is 6.45. The van der Waals surface area contributed by atoms with Crippen LogP contribution < -0.4 is 0 Å². The van der Waals surface area contributed by atoms with E-state index in [1.807, 2.05) is 0 Å². The third-order valence-corrected chi connectivity index (χ3v) is 4.76. The van der Waals surface area contributed by atoms with Gasteiger partial charge in [-0.15, -0.1) is 0 Å². The summed E-state index contributed by atoms with van der Waals surface area (Å²) in [6.07, 6.45) is 5.32. The van der Waals surface area contributed by atoms with Gasteiger partial charge in [0.25, 0.3) is 0 Å². The summed E-state index contributed by atoms with van der Waals surface area (Å²) in [6.45, 7) is 2.53. The fourth-order valence-corrected chi connectivity index (χ4v) is 3.52. The fourth-order valence-electron chi connectivity index (χ4n) is 3.52. The van der Waals surface area contributed by atoms with E-state index in [-0.39, 0.29) is 0 Å². The molecule has 3 rings (SSSR count). The topological polar surface area (TPSA) is 20.2 Å². The average molecular weight is 216 g/mol. The van der Waals surface area contributed by atoms with E-state index in [0.29, 0.717) is 17.9 Å². The maximum Gasteiger partial charge on any atom is 0.0468 e. The van der Waals surface area contributed by atoms with Gasteiger partial charge in [0.15, 0.2) is 0 Å². The SMILES string of the molecule is Cc1cccc(C2(C3CCC3)CC2CO)c1. The highest BCUT2D eigenvalue weighted by Gasteiger charge is 2.60. The molecule has 0 aliphatic heterocycles. The predicted molar refractivity (Wildman–Crippen MR) is 65.4 cm³/mol. The molecule has 1 nitrogen and oxygen atoms in total. The summed E-state index contributed by atoms with van der Waals surface area (Å²) in [5.74, 6) is 1.37. The number of rotatable bonds is 3. The molecule has 0 bridgehead atoms. The summed E-state index contributed by atoms with van der Waals surface area (Å²) >= 11 is 0. The van der Waals surface area contributed by atoms with Crippen molar-refractivity contribution < 1.29 is 5.11 Å². The number of benzene rings is 1. The van der Waals surface area contributed by atoms with Gasteiger partial charge in [-0.1, -0.05) is 36.2 Å². The lowest BCUT2D eigenvalue weighted by Crippen LogP contribution is -2.29. The van der Waals surface area contributed by atoms with E-state index in [1.54, 1.807) is 0 Å². The largest absolute Gasteiger partial charge is 0.396 e. The van der Waals surface area contributed by atoms with Gasteiger partial charge in [-0.25, -0.2) is 0 Å². The first-order chi connectivity index (χ1) is 7.77. The van der Waals surface area contributed by atoms with Crippen LogP contribution in [0.15, 0.2) is 24.3 Å². The van der Waals surface area contributed by atoms with Crippen LogP contribution >= 0.6 is 0 Å². The highest BCUT2D eigenvalue weighted by molar-refractivity contribution is 5.38. The van der Waals surface area contributed by atoms with E-state index in [0.717, 1.165) is 5.92 Å². The van der Waals surface area contributed by atoms with Crippen LogP contribution in [0.2, 0.25) is 0 Å². The number of aliphatic hydroxyl groups is 1. The van der Waals surface area contributed by atoms with Gasteiger partial charge in [-0.2, -0.15) is 0 Å². The number of aliphatic hydroxyl groups excluding tert-OH is 1. The molecule has 2 fully saturated rings. The van der Waals surface area contributed by atoms with E-state index in [9.17, 15) is 5.11 Å². The second kappa shape index (κ2) is 3.59. The fraction of sp³-hybridized carbons (Fsp3) is 0.600. The molecule has 0 heterocycles. The molecule has 16 heavy (non-hydrogen) atoms. The number of hydrogen-bond acceptors (Lipinski definition) is 1. The third kappa shape index (κ3) is 1.34. The zero-order chi connectivity index (χ0) is 11.2. The van der Waals surface area contributed by atoms with Gasteiger partial charge in [0.1, 0.15) is 0 Å².